The minimum atomic E-state index is 0.366. The van der Waals surface area contributed by atoms with Crippen molar-refractivity contribution >= 4 is 11.5 Å². The fourth-order valence-electron chi connectivity index (χ4n) is 1.00. The first-order valence-corrected chi connectivity index (χ1v) is 3.31. The van der Waals surface area contributed by atoms with E-state index in [-0.39, 0.29) is 0 Å². The predicted molar refractivity (Wildman–Crippen MR) is 42.1 cm³/mol. The Morgan fingerprint density at radius 3 is 3.17 bits per heavy atom. The molecule has 2 rings (SSSR count). The van der Waals surface area contributed by atoms with Gasteiger partial charge in [-0.2, -0.15) is 10.4 Å². The molecule has 0 atom stereocenters. The summed E-state index contributed by atoms with van der Waals surface area (Å²) in [7, 11) is 0. The van der Waals surface area contributed by atoms with Crippen LogP contribution in [0, 0.1) is 11.3 Å². The SMILES string of the molecule is N#Cc1ccnn2cc(N)nc12. The molecule has 12 heavy (non-hydrogen) atoms. The van der Waals surface area contributed by atoms with E-state index in [1.54, 1.807) is 12.3 Å². The van der Waals surface area contributed by atoms with Crippen molar-refractivity contribution < 1.29 is 0 Å². The van der Waals surface area contributed by atoms with Crippen LogP contribution in [0.15, 0.2) is 18.5 Å². The molecule has 2 N–H and O–H groups in total. The van der Waals surface area contributed by atoms with Gasteiger partial charge in [0.1, 0.15) is 11.9 Å². The van der Waals surface area contributed by atoms with E-state index in [1.165, 1.54) is 10.7 Å². The molecule has 0 aromatic carbocycles. The number of hydrogen-bond acceptors (Lipinski definition) is 4. The number of imidazole rings is 1. The quantitative estimate of drug-likeness (QED) is 0.594. The second-order valence-corrected chi connectivity index (χ2v) is 2.29. The minimum absolute atomic E-state index is 0.366. The van der Waals surface area contributed by atoms with Gasteiger partial charge in [-0.3, -0.25) is 0 Å². The van der Waals surface area contributed by atoms with Gasteiger partial charge in [0.05, 0.1) is 11.8 Å². The van der Waals surface area contributed by atoms with E-state index >= 15 is 0 Å². The first kappa shape index (κ1) is 6.61. The van der Waals surface area contributed by atoms with Crippen LogP contribution in [0.5, 0.6) is 0 Å². The number of aromatic nitrogens is 3. The third kappa shape index (κ3) is 0.787. The summed E-state index contributed by atoms with van der Waals surface area (Å²) in [6.07, 6.45) is 3.10. The van der Waals surface area contributed by atoms with Gasteiger partial charge in [-0.15, -0.1) is 0 Å². The van der Waals surface area contributed by atoms with Gasteiger partial charge in [-0.1, -0.05) is 0 Å². The number of anilines is 1. The van der Waals surface area contributed by atoms with Crippen LogP contribution < -0.4 is 5.73 Å². The van der Waals surface area contributed by atoms with E-state index in [4.69, 9.17) is 11.0 Å². The van der Waals surface area contributed by atoms with Crippen LogP contribution in [0.3, 0.4) is 0 Å². The van der Waals surface area contributed by atoms with Crippen LogP contribution in [0.2, 0.25) is 0 Å². The normalized spacial score (nSPS) is 9.92. The number of nitrogens with zero attached hydrogens (tertiary/aromatic N) is 4. The molecule has 0 amide bonds. The molecule has 0 bridgehead atoms. The molecule has 0 aliphatic heterocycles. The summed E-state index contributed by atoms with van der Waals surface area (Å²) in [5.41, 5.74) is 6.40. The highest BCUT2D eigenvalue weighted by atomic mass is 15.2. The van der Waals surface area contributed by atoms with Crippen molar-refractivity contribution in [3.63, 3.8) is 0 Å². The maximum atomic E-state index is 8.67. The molecule has 0 spiro atoms. The summed E-state index contributed by atoms with van der Waals surface area (Å²) in [5.74, 6) is 0.366. The lowest BCUT2D eigenvalue weighted by atomic mass is 10.3. The summed E-state index contributed by atoms with van der Waals surface area (Å²) in [6.45, 7) is 0. The Bertz CT molecular complexity index is 464. The van der Waals surface area contributed by atoms with E-state index in [2.05, 4.69) is 10.1 Å². The Kier molecular flexibility index (Phi) is 1.21. The zero-order valence-corrected chi connectivity index (χ0v) is 6.10. The highest BCUT2D eigenvalue weighted by molar-refractivity contribution is 5.57. The Labute approximate surface area is 68.1 Å². The molecule has 2 aromatic heterocycles. The molecule has 0 aliphatic rings. The molecule has 0 saturated carbocycles. The molecule has 5 nitrogen and oxygen atoms in total. The molecule has 0 saturated heterocycles. The van der Waals surface area contributed by atoms with Crippen LogP contribution in [-0.2, 0) is 0 Å². The number of nitrogens with two attached hydrogens (primary N) is 1. The average Bonchev–Trinajstić information content (AvgIpc) is 2.44. The molecule has 0 aliphatic carbocycles. The summed E-state index contributed by atoms with van der Waals surface area (Å²) >= 11 is 0. The van der Waals surface area contributed by atoms with E-state index in [0.29, 0.717) is 17.0 Å². The number of nitriles is 1. The second kappa shape index (κ2) is 2.20. The van der Waals surface area contributed by atoms with E-state index < -0.39 is 0 Å². The van der Waals surface area contributed by atoms with E-state index in [0.717, 1.165) is 0 Å². The Morgan fingerprint density at radius 2 is 2.42 bits per heavy atom. The van der Waals surface area contributed by atoms with Crippen molar-refractivity contribution in [3.05, 3.63) is 24.0 Å². The van der Waals surface area contributed by atoms with Crippen LogP contribution in [0.4, 0.5) is 5.82 Å². The molecule has 2 heterocycles. The van der Waals surface area contributed by atoms with Crippen LogP contribution >= 0.6 is 0 Å². The minimum Gasteiger partial charge on any atom is -0.382 e. The highest BCUT2D eigenvalue weighted by Crippen LogP contribution is 2.08. The van der Waals surface area contributed by atoms with Crippen molar-refractivity contribution in [2.24, 2.45) is 0 Å². The summed E-state index contributed by atoms with van der Waals surface area (Å²) in [4.78, 5) is 3.94. The van der Waals surface area contributed by atoms with Gasteiger partial charge in [-0.05, 0) is 6.07 Å². The number of nitrogen functional groups attached to an aromatic ring is 1. The molecule has 0 radical (unpaired) electrons. The zero-order valence-electron chi connectivity index (χ0n) is 6.10. The average molecular weight is 159 g/mol. The fraction of sp³-hybridized carbons (Fsp3) is 0. The maximum absolute atomic E-state index is 8.67. The topological polar surface area (TPSA) is 80.0 Å². The molecular weight excluding hydrogens is 154 g/mol. The van der Waals surface area contributed by atoms with E-state index in [1.807, 2.05) is 6.07 Å². The number of hydrogen-bond donors (Lipinski definition) is 1. The highest BCUT2D eigenvalue weighted by Gasteiger charge is 2.03. The second-order valence-electron chi connectivity index (χ2n) is 2.29. The van der Waals surface area contributed by atoms with Gasteiger partial charge in [0, 0.05) is 6.20 Å². The Hall–Kier alpha value is -2.09. The molecule has 58 valence electrons. The fourth-order valence-corrected chi connectivity index (χ4v) is 1.00. The predicted octanol–water partition coefficient (Wildman–Crippen LogP) is 0.183. The molecular formula is C7H5N5. The Morgan fingerprint density at radius 1 is 1.58 bits per heavy atom. The summed E-state index contributed by atoms with van der Waals surface area (Å²) < 4.78 is 1.48. The van der Waals surface area contributed by atoms with Crippen LogP contribution in [0.1, 0.15) is 5.56 Å². The summed E-state index contributed by atoms with van der Waals surface area (Å²) in [5, 5.41) is 12.6. The van der Waals surface area contributed by atoms with Crippen molar-refractivity contribution in [3.8, 4) is 6.07 Å². The Balaban J connectivity index is 2.89. The molecule has 0 unspecified atom stereocenters. The lowest BCUT2D eigenvalue weighted by molar-refractivity contribution is 0.933. The molecule has 2 aromatic rings. The van der Waals surface area contributed by atoms with Crippen molar-refractivity contribution in [2.75, 3.05) is 5.73 Å². The lowest BCUT2D eigenvalue weighted by Gasteiger charge is -1.90. The zero-order chi connectivity index (χ0) is 8.55. The van der Waals surface area contributed by atoms with Crippen LogP contribution in [0.25, 0.3) is 5.65 Å². The first-order chi connectivity index (χ1) is 5.81. The summed E-state index contributed by atoms with van der Waals surface area (Å²) in [6, 6.07) is 3.60. The lowest BCUT2D eigenvalue weighted by Crippen LogP contribution is -1.91. The van der Waals surface area contributed by atoms with Gasteiger partial charge in [-0.25, -0.2) is 9.50 Å². The molecule has 5 heteroatoms. The van der Waals surface area contributed by atoms with Crippen molar-refractivity contribution in [2.45, 2.75) is 0 Å². The number of rotatable bonds is 0. The van der Waals surface area contributed by atoms with Crippen LogP contribution in [-0.4, -0.2) is 14.6 Å². The van der Waals surface area contributed by atoms with Crippen molar-refractivity contribution in [1.82, 2.24) is 14.6 Å². The number of fused-ring (bicyclic) bond motifs is 1. The van der Waals surface area contributed by atoms with Gasteiger partial charge < -0.3 is 5.73 Å². The third-order valence-electron chi connectivity index (χ3n) is 1.50. The van der Waals surface area contributed by atoms with Gasteiger partial charge in [0.2, 0.25) is 0 Å². The monoisotopic (exact) mass is 159 g/mol. The molecule has 0 fully saturated rings. The van der Waals surface area contributed by atoms with Gasteiger partial charge in [0.15, 0.2) is 5.65 Å². The van der Waals surface area contributed by atoms with Crippen molar-refractivity contribution in [1.29, 1.82) is 5.26 Å². The largest absolute Gasteiger partial charge is 0.382 e. The third-order valence-corrected chi connectivity index (χ3v) is 1.50. The maximum Gasteiger partial charge on any atom is 0.173 e. The first-order valence-electron chi connectivity index (χ1n) is 3.31. The van der Waals surface area contributed by atoms with Gasteiger partial charge in [0.25, 0.3) is 0 Å². The standard InChI is InChI=1S/C7H5N5/c8-3-5-1-2-10-12-4-6(9)11-7(5)12/h1-2,4H,9H2. The smallest absolute Gasteiger partial charge is 0.173 e. The van der Waals surface area contributed by atoms with Gasteiger partial charge >= 0.3 is 0 Å². The van der Waals surface area contributed by atoms with E-state index in [9.17, 15) is 0 Å².